The zero-order valence-corrected chi connectivity index (χ0v) is 11.7. The molecule has 0 aliphatic carbocycles. The molecule has 0 atom stereocenters. The summed E-state index contributed by atoms with van der Waals surface area (Å²) in [7, 11) is -3.60. The second-order valence-electron chi connectivity index (χ2n) is 4.44. The van der Waals surface area contributed by atoms with Gasteiger partial charge < -0.3 is 9.84 Å². The van der Waals surface area contributed by atoms with Crippen LogP contribution in [-0.2, 0) is 21.4 Å². The van der Waals surface area contributed by atoms with Gasteiger partial charge in [-0.15, -0.1) is 0 Å². The lowest BCUT2D eigenvalue weighted by molar-refractivity contribution is 0.0289. The number of sulfonamides is 1. The molecule has 8 heteroatoms. The highest BCUT2D eigenvalue weighted by Gasteiger charge is 2.32. The normalized spacial score (nSPS) is 18.8. The van der Waals surface area contributed by atoms with Crippen molar-refractivity contribution < 1.29 is 18.3 Å². The molecule has 2 heterocycles. The van der Waals surface area contributed by atoms with Crippen LogP contribution in [0.3, 0.4) is 0 Å². The van der Waals surface area contributed by atoms with Gasteiger partial charge in [-0.3, -0.25) is 5.10 Å². The molecule has 108 valence electrons. The zero-order chi connectivity index (χ0) is 13.9. The third kappa shape index (κ3) is 2.97. The van der Waals surface area contributed by atoms with Crippen molar-refractivity contribution in [2.75, 3.05) is 19.7 Å². The molecule has 0 saturated carbocycles. The van der Waals surface area contributed by atoms with Gasteiger partial charge in [0.15, 0.2) is 5.03 Å². The molecule has 0 aromatic carbocycles. The lowest BCUT2D eigenvalue weighted by Crippen LogP contribution is -2.41. The molecule has 0 radical (unpaired) electrons. The first-order valence-corrected chi connectivity index (χ1v) is 7.78. The third-order valence-corrected chi connectivity index (χ3v) is 5.16. The predicted molar refractivity (Wildman–Crippen MR) is 67.9 cm³/mol. The molecule has 1 aromatic heterocycles. The molecular formula is C11H19N3O4S. The highest BCUT2D eigenvalue weighted by molar-refractivity contribution is 7.89. The molecule has 19 heavy (non-hydrogen) atoms. The Bertz CT molecular complexity index is 506. The minimum Gasteiger partial charge on any atom is -0.392 e. The van der Waals surface area contributed by atoms with Gasteiger partial charge in [-0.1, -0.05) is 0 Å². The molecule has 2 N–H and O–H groups in total. The molecule has 0 unspecified atom stereocenters. The standard InChI is InChI=1S/C11H19N3O4S/c1-2-18-10-3-5-14(6-4-10)19(16,17)11-9(8-15)7-12-13-11/h7,10,15H,2-6,8H2,1H3,(H,12,13). The van der Waals surface area contributed by atoms with E-state index < -0.39 is 10.0 Å². The van der Waals surface area contributed by atoms with Crippen LogP contribution in [0.2, 0.25) is 0 Å². The Labute approximate surface area is 112 Å². The van der Waals surface area contributed by atoms with Crippen LogP contribution in [0.5, 0.6) is 0 Å². The second-order valence-corrected chi connectivity index (χ2v) is 6.32. The number of ether oxygens (including phenoxy) is 1. The molecule has 0 bridgehead atoms. The Hall–Kier alpha value is -0.960. The minimum atomic E-state index is -3.60. The van der Waals surface area contributed by atoms with Crippen LogP contribution in [0.25, 0.3) is 0 Å². The number of hydrogen-bond acceptors (Lipinski definition) is 5. The van der Waals surface area contributed by atoms with Crippen LogP contribution < -0.4 is 0 Å². The van der Waals surface area contributed by atoms with Crippen LogP contribution in [0.1, 0.15) is 25.3 Å². The number of rotatable bonds is 5. The van der Waals surface area contributed by atoms with Crippen molar-refractivity contribution in [3.05, 3.63) is 11.8 Å². The summed E-state index contributed by atoms with van der Waals surface area (Å²) in [6.45, 7) is 3.09. The Morgan fingerprint density at radius 1 is 1.53 bits per heavy atom. The maximum Gasteiger partial charge on any atom is 0.260 e. The molecule has 0 spiro atoms. The van der Waals surface area contributed by atoms with Gasteiger partial charge in [-0.05, 0) is 19.8 Å². The van der Waals surface area contributed by atoms with E-state index in [1.54, 1.807) is 0 Å². The lowest BCUT2D eigenvalue weighted by Gasteiger charge is -2.30. The monoisotopic (exact) mass is 289 g/mol. The molecule has 1 aliphatic rings. The van der Waals surface area contributed by atoms with Crippen molar-refractivity contribution in [3.8, 4) is 0 Å². The van der Waals surface area contributed by atoms with Gasteiger partial charge in [-0.2, -0.15) is 9.40 Å². The fraction of sp³-hybridized carbons (Fsp3) is 0.727. The second kappa shape index (κ2) is 6.00. The molecule has 0 amide bonds. The van der Waals surface area contributed by atoms with Crippen LogP contribution in [-0.4, -0.2) is 53.8 Å². The fourth-order valence-corrected chi connectivity index (χ4v) is 3.81. The maximum atomic E-state index is 12.4. The van der Waals surface area contributed by atoms with Crippen molar-refractivity contribution in [2.45, 2.75) is 37.5 Å². The first-order valence-electron chi connectivity index (χ1n) is 6.34. The van der Waals surface area contributed by atoms with Crippen molar-refractivity contribution >= 4 is 10.0 Å². The summed E-state index contributed by atoms with van der Waals surface area (Å²) in [6.07, 6.45) is 2.85. The first-order chi connectivity index (χ1) is 9.09. The summed E-state index contributed by atoms with van der Waals surface area (Å²) in [4.78, 5) is 0. The summed E-state index contributed by atoms with van der Waals surface area (Å²) in [5.74, 6) is 0. The first kappa shape index (κ1) is 14.4. The van der Waals surface area contributed by atoms with Crippen molar-refractivity contribution in [1.82, 2.24) is 14.5 Å². The van der Waals surface area contributed by atoms with E-state index in [2.05, 4.69) is 10.2 Å². The molecule has 1 aromatic rings. The van der Waals surface area contributed by atoms with E-state index >= 15 is 0 Å². The number of aromatic amines is 1. The lowest BCUT2D eigenvalue weighted by atomic mass is 10.1. The number of aromatic nitrogens is 2. The van der Waals surface area contributed by atoms with Crippen molar-refractivity contribution in [1.29, 1.82) is 0 Å². The van der Waals surface area contributed by atoms with Crippen molar-refractivity contribution in [3.63, 3.8) is 0 Å². The molecular weight excluding hydrogens is 270 g/mol. The van der Waals surface area contributed by atoms with Crippen LogP contribution in [0.15, 0.2) is 11.2 Å². The minimum absolute atomic E-state index is 0.00939. The SMILES string of the molecule is CCOC1CCN(S(=O)(=O)c2[nH]ncc2CO)CC1. The average Bonchev–Trinajstić information content (AvgIpc) is 2.89. The largest absolute Gasteiger partial charge is 0.392 e. The number of nitrogens with one attached hydrogen (secondary N) is 1. The molecule has 1 aliphatic heterocycles. The zero-order valence-electron chi connectivity index (χ0n) is 10.9. The van der Waals surface area contributed by atoms with E-state index in [0.717, 1.165) is 0 Å². The topological polar surface area (TPSA) is 95.5 Å². The Morgan fingerprint density at radius 2 is 2.21 bits per heavy atom. The molecule has 7 nitrogen and oxygen atoms in total. The van der Waals surface area contributed by atoms with E-state index in [4.69, 9.17) is 9.84 Å². The summed E-state index contributed by atoms with van der Waals surface area (Å²) in [5.41, 5.74) is 0.298. The summed E-state index contributed by atoms with van der Waals surface area (Å²) in [6, 6.07) is 0. The van der Waals surface area contributed by atoms with Gasteiger partial charge in [0.05, 0.1) is 18.9 Å². The quantitative estimate of drug-likeness (QED) is 0.801. The highest BCUT2D eigenvalue weighted by atomic mass is 32.2. The van der Waals surface area contributed by atoms with E-state index in [0.29, 0.717) is 38.1 Å². The van der Waals surface area contributed by atoms with E-state index in [9.17, 15) is 8.42 Å². The number of nitrogens with zero attached hydrogens (tertiary/aromatic N) is 2. The third-order valence-electron chi connectivity index (χ3n) is 3.25. The summed E-state index contributed by atoms with van der Waals surface area (Å²) >= 11 is 0. The Kier molecular flexibility index (Phi) is 4.56. The van der Waals surface area contributed by atoms with Crippen LogP contribution in [0.4, 0.5) is 0 Å². The smallest absolute Gasteiger partial charge is 0.260 e. The molecule has 1 saturated heterocycles. The Balaban J connectivity index is 2.10. The van der Waals surface area contributed by atoms with Gasteiger partial charge in [-0.25, -0.2) is 8.42 Å². The maximum absolute atomic E-state index is 12.4. The van der Waals surface area contributed by atoms with E-state index in [1.807, 2.05) is 6.92 Å². The molecule has 1 fully saturated rings. The Morgan fingerprint density at radius 3 is 2.79 bits per heavy atom. The molecule has 2 rings (SSSR count). The van der Waals surface area contributed by atoms with E-state index in [-0.39, 0.29) is 17.7 Å². The van der Waals surface area contributed by atoms with Crippen LogP contribution >= 0.6 is 0 Å². The number of piperidine rings is 1. The van der Waals surface area contributed by atoms with Gasteiger partial charge in [0.25, 0.3) is 10.0 Å². The van der Waals surface area contributed by atoms with Crippen molar-refractivity contribution in [2.24, 2.45) is 0 Å². The average molecular weight is 289 g/mol. The van der Waals surface area contributed by atoms with Crippen LogP contribution in [0, 0.1) is 0 Å². The number of aliphatic hydroxyl groups excluding tert-OH is 1. The van der Waals surface area contributed by atoms with E-state index in [1.165, 1.54) is 10.5 Å². The fourth-order valence-electron chi connectivity index (χ4n) is 2.24. The van der Waals surface area contributed by atoms with Gasteiger partial charge in [0.1, 0.15) is 0 Å². The van der Waals surface area contributed by atoms with Gasteiger partial charge in [0, 0.05) is 25.3 Å². The van der Waals surface area contributed by atoms with Gasteiger partial charge >= 0.3 is 0 Å². The summed E-state index contributed by atoms with van der Waals surface area (Å²) < 4.78 is 31.7. The number of aliphatic hydroxyl groups is 1. The highest BCUT2D eigenvalue weighted by Crippen LogP contribution is 2.22. The number of H-pyrrole nitrogens is 1. The summed E-state index contributed by atoms with van der Waals surface area (Å²) in [5, 5.41) is 15.3. The van der Waals surface area contributed by atoms with Gasteiger partial charge in [0.2, 0.25) is 0 Å². The number of hydrogen-bond donors (Lipinski definition) is 2. The predicted octanol–water partition coefficient (Wildman–Crippen LogP) is 0.0916.